The average Bonchev–Trinajstić information content (AvgIpc) is 2.47. The van der Waals surface area contributed by atoms with Crippen molar-refractivity contribution in [3.05, 3.63) is 58.6 Å². The minimum Gasteiger partial charge on any atom is -0.497 e. The van der Waals surface area contributed by atoms with Crippen molar-refractivity contribution in [2.24, 2.45) is 0 Å². The molecule has 0 aromatic heterocycles. The van der Waals surface area contributed by atoms with Crippen LogP contribution < -0.4 is 9.64 Å². The van der Waals surface area contributed by atoms with E-state index in [-0.39, 0.29) is 0 Å². The predicted octanol–water partition coefficient (Wildman–Crippen LogP) is 4.88. The number of hydrogen-bond donors (Lipinski definition) is 0. The third-order valence-corrected chi connectivity index (χ3v) is 4.13. The van der Waals surface area contributed by atoms with E-state index in [9.17, 15) is 0 Å². The minimum absolute atomic E-state index is 0.770. The fourth-order valence-corrected chi connectivity index (χ4v) is 2.91. The van der Waals surface area contributed by atoms with Crippen LogP contribution >= 0.6 is 27.5 Å². The Hall–Kier alpha value is -1.19. The smallest absolute Gasteiger partial charge is 0.119 e. The molecule has 2 aromatic carbocycles. The standard InChI is InChI=1S/C16H17BrClNO/c1-19(11-12-4-3-5-15(8-12)20-2)14-7-6-13(10-17)16(18)9-14/h3-9H,10-11H2,1-2H3. The Morgan fingerprint density at radius 1 is 1.20 bits per heavy atom. The third kappa shape index (κ3) is 3.68. The summed E-state index contributed by atoms with van der Waals surface area (Å²) in [6, 6.07) is 14.2. The Bertz CT molecular complexity index is 588. The molecule has 0 saturated heterocycles. The maximum absolute atomic E-state index is 6.25. The Balaban J connectivity index is 2.14. The molecule has 2 aromatic rings. The van der Waals surface area contributed by atoms with Gasteiger partial charge in [0.2, 0.25) is 0 Å². The van der Waals surface area contributed by atoms with Gasteiger partial charge in [0.05, 0.1) is 7.11 Å². The first-order chi connectivity index (χ1) is 9.63. The van der Waals surface area contributed by atoms with Crippen LogP contribution in [0, 0.1) is 0 Å². The predicted molar refractivity (Wildman–Crippen MR) is 89.2 cm³/mol. The summed E-state index contributed by atoms with van der Waals surface area (Å²) in [4.78, 5) is 2.17. The summed E-state index contributed by atoms with van der Waals surface area (Å²) in [5, 5.41) is 1.56. The first-order valence-corrected chi connectivity index (χ1v) is 7.82. The molecule has 4 heteroatoms. The molecule has 2 rings (SSSR count). The summed E-state index contributed by atoms with van der Waals surface area (Å²) in [5.74, 6) is 0.878. The quantitative estimate of drug-likeness (QED) is 0.710. The molecule has 0 aliphatic heterocycles. The van der Waals surface area contributed by atoms with E-state index in [4.69, 9.17) is 16.3 Å². The second kappa shape index (κ2) is 7.00. The molecule has 0 fully saturated rings. The van der Waals surface area contributed by atoms with Crippen LogP contribution in [0.25, 0.3) is 0 Å². The molecule has 0 heterocycles. The van der Waals surface area contributed by atoms with E-state index in [1.165, 1.54) is 5.56 Å². The number of benzene rings is 2. The molecule has 0 radical (unpaired) electrons. The van der Waals surface area contributed by atoms with Gasteiger partial charge in [-0.3, -0.25) is 0 Å². The second-order valence-electron chi connectivity index (χ2n) is 4.62. The first-order valence-electron chi connectivity index (χ1n) is 6.32. The number of ether oxygens (including phenoxy) is 1. The van der Waals surface area contributed by atoms with Gasteiger partial charge in [-0.25, -0.2) is 0 Å². The zero-order chi connectivity index (χ0) is 14.5. The van der Waals surface area contributed by atoms with E-state index in [1.54, 1.807) is 7.11 Å². The van der Waals surface area contributed by atoms with Crippen LogP contribution in [0.15, 0.2) is 42.5 Å². The lowest BCUT2D eigenvalue weighted by Gasteiger charge is -2.20. The third-order valence-electron chi connectivity index (χ3n) is 3.18. The molecule has 0 atom stereocenters. The normalized spacial score (nSPS) is 10.4. The van der Waals surface area contributed by atoms with Crippen LogP contribution in [0.4, 0.5) is 5.69 Å². The van der Waals surface area contributed by atoms with Crippen LogP contribution in [0.1, 0.15) is 11.1 Å². The summed E-state index contributed by atoms with van der Waals surface area (Å²) >= 11 is 9.68. The van der Waals surface area contributed by atoms with Crippen molar-refractivity contribution in [1.82, 2.24) is 0 Å². The molecular weight excluding hydrogens is 338 g/mol. The van der Waals surface area contributed by atoms with Crippen LogP contribution in [-0.4, -0.2) is 14.2 Å². The van der Waals surface area contributed by atoms with Gasteiger partial charge in [0.1, 0.15) is 5.75 Å². The van der Waals surface area contributed by atoms with Gasteiger partial charge in [-0.1, -0.05) is 45.7 Å². The Labute approximate surface area is 133 Å². The van der Waals surface area contributed by atoms with E-state index < -0.39 is 0 Å². The maximum atomic E-state index is 6.25. The Morgan fingerprint density at radius 2 is 2.00 bits per heavy atom. The summed E-state index contributed by atoms with van der Waals surface area (Å²) < 4.78 is 5.25. The van der Waals surface area contributed by atoms with Crippen molar-refractivity contribution in [2.45, 2.75) is 11.9 Å². The first kappa shape index (κ1) is 15.2. The molecule has 0 bridgehead atoms. The lowest BCUT2D eigenvalue weighted by atomic mass is 10.1. The molecule has 2 nitrogen and oxygen atoms in total. The topological polar surface area (TPSA) is 12.5 Å². The highest BCUT2D eigenvalue weighted by Gasteiger charge is 2.06. The molecular formula is C16H17BrClNO. The zero-order valence-corrected chi connectivity index (χ0v) is 13.9. The highest BCUT2D eigenvalue weighted by molar-refractivity contribution is 9.08. The average molecular weight is 355 g/mol. The zero-order valence-electron chi connectivity index (χ0n) is 11.6. The van der Waals surface area contributed by atoms with Crippen molar-refractivity contribution >= 4 is 33.2 Å². The summed E-state index contributed by atoms with van der Waals surface area (Å²) in [6.45, 7) is 0.807. The van der Waals surface area contributed by atoms with Gasteiger partial charge in [0.25, 0.3) is 0 Å². The van der Waals surface area contributed by atoms with Gasteiger partial charge in [-0.15, -0.1) is 0 Å². The van der Waals surface area contributed by atoms with E-state index in [0.717, 1.165) is 33.9 Å². The van der Waals surface area contributed by atoms with Crippen LogP contribution in [0.3, 0.4) is 0 Å². The van der Waals surface area contributed by atoms with Crippen LogP contribution in [0.2, 0.25) is 5.02 Å². The van der Waals surface area contributed by atoms with Crippen LogP contribution in [0.5, 0.6) is 5.75 Å². The number of rotatable bonds is 5. The number of methoxy groups -OCH3 is 1. The minimum atomic E-state index is 0.770. The summed E-state index contributed by atoms with van der Waals surface area (Å²) in [5.41, 5.74) is 3.40. The molecule has 0 amide bonds. The molecule has 0 unspecified atom stereocenters. The number of alkyl halides is 1. The van der Waals surface area contributed by atoms with Crippen molar-refractivity contribution < 1.29 is 4.74 Å². The summed E-state index contributed by atoms with van der Waals surface area (Å²) in [7, 11) is 3.74. The fourth-order valence-electron chi connectivity index (χ4n) is 2.02. The molecule has 0 aliphatic carbocycles. The van der Waals surface area contributed by atoms with Crippen molar-refractivity contribution in [3.8, 4) is 5.75 Å². The lowest BCUT2D eigenvalue weighted by molar-refractivity contribution is 0.414. The highest BCUT2D eigenvalue weighted by atomic mass is 79.9. The van der Waals surface area contributed by atoms with Gasteiger partial charge in [-0.2, -0.15) is 0 Å². The van der Waals surface area contributed by atoms with Gasteiger partial charge < -0.3 is 9.64 Å². The van der Waals surface area contributed by atoms with Crippen molar-refractivity contribution in [1.29, 1.82) is 0 Å². The second-order valence-corrected chi connectivity index (χ2v) is 5.58. The van der Waals surface area contributed by atoms with Crippen molar-refractivity contribution in [2.75, 3.05) is 19.1 Å². The van der Waals surface area contributed by atoms with E-state index in [0.29, 0.717) is 0 Å². The van der Waals surface area contributed by atoms with Gasteiger partial charge >= 0.3 is 0 Å². The molecule has 20 heavy (non-hydrogen) atoms. The van der Waals surface area contributed by atoms with E-state index >= 15 is 0 Å². The van der Waals surface area contributed by atoms with Gasteiger partial charge in [-0.05, 0) is 35.4 Å². The Morgan fingerprint density at radius 3 is 2.65 bits per heavy atom. The number of nitrogens with zero attached hydrogens (tertiary/aromatic N) is 1. The maximum Gasteiger partial charge on any atom is 0.119 e. The largest absolute Gasteiger partial charge is 0.497 e. The molecule has 0 N–H and O–H groups in total. The van der Waals surface area contributed by atoms with Crippen LogP contribution in [-0.2, 0) is 11.9 Å². The Kier molecular flexibility index (Phi) is 5.32. The molecule has 106 valence electrons. The summed E-state index contributed by atoms with van der Waals surface area (Å²) in [6.07, 6.45) is 0. The number of hydrogen-bond acceptors (Lipinski definition) is 2. The monoisotopic (exact) mass is 353 g/mol. The number of halogens is 2. The van der Waals surface area contributed by atoms with Gasteiger partial charge in [0, 0.05) is 29.6 Å². The lowest BCUT2D eigenvalue weighted by Crippen LogP contribution is -2.16. The molecule has 0 saturated carbocycles. The highest BCUT2D eigenvalue weighted by Crippen LogP contribution is 2.26. The SMILES string of the molecule is COc1cccc(CN(C)c2ccc(CBr)c(Cl)c2)c1. The van der Waals surface area contributed by atoms with Crippen molar-refractivity contribution in [3.63, 3.8) is 0 Å². The van der Waals surface area contributed by atoms with E-state index in [1.807, 2.05) is 24.3 Å². The molecule has 0 spiro atoms. The fraction of sp³-hybridized carbons (Fsp3) is 0.250. The van der Waals surface area contributed by atoms with Gasteiger partial charge in [0.15, 0.2) is 0 Å². The molecule has 0 aliphatic rings. The van der Waals surface area contributed by atoms with E-state index in [2.05, 4.69) is 46.1 Å². The number of anilines is 1.